The van der Waals surface area contributed by atoms with Gasteiger partial charge in [0.05, 0.1) is 24.4 Å². The van der Waals surface area contributed by atoms with Crippen LogP contribution < -0.4 is 0 Å². The van der Waals surface area contributed by atoms with Gasteiger partial charge in [-0.05, 0) is 32.6 Å². The van der Waals surface area contributed by atoms with E-state index < -0.39 is 0 Å². The van der Waals surface area contributed by atoms with Gasteiger partial charge in [0.25, 0.3) is 0 Å². The topological polar surface area (TPSA) is 51.2 Å². The molecular weight excluding hydrogens is 258 g/mol. The predicted octanol–water partition coefficient (Wildman–Crippen LogP) is 0.796. The van der Waals surface area contributed by atoms with Crippen molar-refractivity contribution in [3.05, 3.63) is 0 Å². The van der Waals surface area contributed by atoms with Crippen molar-refractivity contribution in [3.8, 4) is 0 Å². The summed E-state index contributed by atoms with van der Waals surface area (Å²) >= 11 is 0. The molecule has 3 heterocycles. The Morgan fingerprint density at radius 2 is 2.00 bits per heavy atom. The average molecular weight is 285 g/mol. The summed E-state index contributed by atoms with van der Waals surface area (Å²) in [6.07, 6.45) is 4.40. The SMILES string of the molecule is CC1CN(C2CCOC3(CCOCC3)C2)CC(CO)O1. The number of rotatable bonds is 2. The standard InChI is InChI=1S/C15H27NO4/c1-12-9-16(10-14(11-17)20-12)13-2-5-19-15(8-13)3-6-18-7-4-15/h12-14,17H,2-11H2,1H3. The second-order valence-electron chi connectivity index (χ2n) is 6.50. The molecule has 0 radical (unpaired) electrons. The summed E-state index contributed by atoms with van der Waals surface area (Å²) in [5, 5.41) is 9.37. The highest BCUT2D eigenvalue weighted by Crippen LogP contribution is 2.36. The predicted molar refractivity (Wildman–Crippen MR) is 74.8 cm³/mol. The van der Waals surface area contributed by atoms with E-state index in [0.29, 0.717) is 6.04 Å². The lowest BCUT2D eigenvalue weighted by Crippen LogP contribution is -2.57. The van der Waals surface area contributed by atoms with Crippen LogP contribution in [0.25, 0.3) is 0 Å². The number of aliphatic hydroxyl groups is 1. The third-order valence-electron chi connectivity index (χ3n) is 4.95. The second-order valence-corrected chi connectivity index (χ2v) is 6.50. The summed E-state index contributed by atoms with van der Waals surface area (Å²) < 4.78 is 17.4. The molecule has 5 heteroatoms. The molecule has 20 heavy (non-hydrogen) atoms. The molecule has 3 rings (SSSR count). The van der Waals surface area contributed by atoms with E-state index in [2.05, 4.69) is 11.8 Å². The first kappa shape index (κ1) is 14.7. The van der Waals surface area contributed by atoms with Gasteiger partial charge in [0.2, 0.25) is 0 Å². The van der Waals surface area contributed by atoms with Crippen molar-refractivity contribution in [1.29, 1.82) is 0 Å². The molecule has 3 fully saturated rings. The maximum absolute atomic E-state index is 9.37. The monoisotopic (exact) mass is 285 g/mol. The lowest BCUT2D eigenvalue weighted by Gasteiger charge is -2.48. The quantitative estimate of drug-likeness (QED) is 0.813. The zero-order valence-electron chi connectivity index (χ0n) is 12.4. The van der Waals surface area contributed by atoms with Gasteiger partial charge in [-0.25, -0.2) is 0 Å². The highest BCUT2D eigenvalue weighted by molar-refractivity contribution is 4.94. The van der Waals surface area contributed by atoms with E-state index in [1.807, 2.05) is 0 Å². The molecule has 0 bridgehead atoms. The Labute approximate surface area is 121 Å². The molecule has 3 unspecified atom stereocenters. The van der Waals surface area contributed by atoms with E-state index >= 15 is 0 Å². The first-order valence-corrected chi connectivity index (χ1v) is 7.93. The van der Waals surface area contributed by atoms with Gasteiger partial charge < -0.3 is 19.3 Å². The zero-order valence-corrected chi connectivity index (χ0v) is 12.4. The molecule has 1 spiro atoms. The molecule has 0 amide bonds. The largest absolute Gasteiger partial charge is 0.394 e. The maximum atomic E-state index is 9.37. The Morgan fingerprint density at radius 3 is 2.75 bits per heavy atom. The summed E-state index contributed by atoms with van der Waals surface area (Å²) in [7, 11) is 0. The minimum Gasteiger partial charge on any atom is -0.394 e. The third-order valence-corrected chi connectivity index (χ3v) is 4.95. The Morgan fingerprint density at radius 1 is 1.20 bits per heavy atom. The van der Waals surface area contributed by atoms with Crippen LogP contribution in [0.2, 0.25) is 0 Å². The molecule has 116 valence electrons. The number of ether oxygens (including phenoxy) is 3. The van der Waals surface area contributed by atoms with Crippen LogP contribution >= 0.6 is 0 Å². The van der Waals surface area contributed by atoms with E-state index in [1.165, 1.54) is 0 Å². The number of hydrogen-bond donors (Lipinski definition) is 1. The molecule has 3 saturated heterocycles. The van der Waals surface area contributed by atoms with Crippen LogP contribution in [0.3, 0.4) is 0 Å². The van der Waals surface area contributed by atoms with Gasteiger partial charge in [0.1, 0.15) is 0 Å². The van der Waals surface area contributed by atoms with Crippen LogP contribution in [0.15, 0.2) is 0 Å². The first-order valence-electron chi connectivity index (χ1n) is 7.93. The minimum absolute atomic E-state index is 0.0350. The molecular formula is C15H27NO4. The van der Waals surface area contributed by atoms with Crippen molar-refractivity contribution in [2.24, 2.45) is 0 Å². The van der Waals surface area contributed by atoms with Crippen LogP contribution in [0.5, 0.6) is 0 Å². The zero-order chi connectivity index (χ0) is 14.0. The maximum Gasteiger partial charge on any atom is 0.0936 e. The molecule has 5 nitrogen and oxygen atoms in total. The fourth-order valence-electron chi connectivity index (χ4n) is 3.89. The Kier molecular flexibility index (Phi) is 4.62. The highest BCUT2D eigenvalue weighted by atomic mass is 16.5. The van der Waals surface area contributed by atoms with Crippen LogP contribution in [-0.2, 0) is 14.2 Å². The number of morpholine rings is 1. The average Bonchev–Trinajstić information content (AvgIpc) is 2.47. The van der Waals surface area contributed by atoms with E-state index in [-0.39, 0.29) is 24.4 Å². The number of nitrogens with zero attached hydrogens (tertiary/aromatic N) is 1. The summed E-state index contributed by atoms with van der Waals surface area (Å²) in [6, 6.07) is 0.558. The molecule has 0 aromatic rings. The fourth-order valence-corrected chi connectivity index (χ4v) is 3.89. The fraction of sp³-hybridized carbons (Fsp3) is 1.00. The molecule has 1 N–H and O–H groups in total. The molecule has 0 aliphatic carbocycles. The van der Waals surface area contributed by atoms with Crippen molar-refractivity contribution < 1.29 is 19.3 Å². The van der Waals surface area contributed by atoms with Crippen LogP contribution in [0, 0.1) is 0 Å². The molecule has 3 atom stereocenters. The van der Waals surface area contributed by atoms with Gasteiger partial charge in [0, 0.05) is 39.0 Å². The second kappa shape index (κ2) is 6.28. The van der Waals surface area contributed by atoms with E-state index in [0.717, 1.165) is 58.6 Å². The van der Waals surface area contributed by atoms with Gasteiger partial charge in [-0.15, -0.1) is 0 Å². The Bertz CT molecular complexity index is 313. The van der Waals surface area contributed by atoms with E-state index in [9.17, 15) is 5.11 Å². The van der Waals surface area contributed by atoms with E-state index in [1.54, 1.807) is 0 Å². The smallest absolute Gasteiger partial charge is 0.0936 e. The van der Waals surface area contributed by atoms with Gasteiger partial charge in [-0.2, -0.15) is 0 Å². The summed E-state index contributed by atoms with van der Waals surface area (Å²) in [5.41, 5.74) is 0.0391. The molecule has 3 aliphatic heterocycles. The van der Waals surface area contributed by atoms with Gasteiger partial charge in [-0.3, -0.25) is 4.90 Å². The Hall–Kier alpha value is -0.200. The van der Waals surface area contributed by atoms with Gasteiger partial charge in [-0.1, -0.05) is 0 Å². The first-order chi connectivity index (χ1) is 9.71. The van der Waals surface area contributed by atoms with Gasteiger partial charge in [0.15, 0.2) is 0 Å². The molecule has 0 saturated carbocycles. The minimum atomic E-state index is -0.0350. The van der Waals surface area contributed by atoms with Crippen molar-refractivity contribution in [3.63, 3.8) is 0 Å². The number of aliphatic hydroxyl groups excluding tert-OH is 1. The number of hydrogen-bond acceptors (Lipinski definition) is 5. The van der Waals surface area contributed by atoms with Crippen molar-refractivity contribution in [2.45, 2.75) is 56.5 Å². The molecule has 0 aromatic heterocycles. The summed E-state index contributed by atoms with van der Waals surface area (Å²) in [6.45, 7) is 6.52. The van der Waals surface area contributed by atoms with Crippen molar-refractivity contribution in [2.75, 3.05) is 39.5 Å². The lowest BCUT2D eigenvalue weighted by molar-refractivity contribution is -0.168. The Balaban J connectivity index is 1.63. The van der Waals surface area contributed by atoms with Crippen LogP contribution in [0.4, 0.5) is 0 Å². The normalized spacial score (nSPS) is 39.0. The van der Waals surface area contributed by atoms with Gasteiger partial charge >= 0.3 is 0 Å². The summed E-state index contributed by atoms with van der Waals surface area (Å²) in [4.78, 5) is 2.51. The van der Waals surface area contributed by atoms with Crippen LogP contribution in [-0.4, -0.2) is 73.4 Å². The lowest BCUT2D eigenvalue weighted by atomic mass is 9.83. The van der Waals surface area contributed by atoms with Crippen LogP contribution in [0.1, 0.15) is 32.6 Å². The molecule has 3 aliphatic rings. The summed E-state index contributed by atoms with van der Waals surface area (Å²) in [5.74, 6) is 0. The third kappa shape index (κ3) is 3.17. The van der Waals surface area contributed by atoms with Crippen molar-refractivity contribution in [1.82, 2.24) is 4.90 Å². The van der Waals surface area contributed by atoms with E-state index in [4.69, 9.17) is 14.2 Å². The van der Waals surface area contributed by atoms with Crippen molar-refractivity contribution >= 4 is 0 Å². The highest BCUT2D eigenvalue weighted by Gasteiger charge is 2.42. The molecule has 0 aromatic carbocycles.